The van der Waals surface area contributed by atoms with E-state index >= 15 is 0 Å². The second kappa shape index (κ2) is 5.57. The van der Waals surface area contributed by atoms with E-state index in [0.717, 1.165) is 11.6 Å². The van der Waals surface area contributed by atoms with Crippen LogP contribution in [0.15, 0.2) is 52.1 Å². The van der Waals surface area contributed by atoms with E-state index in [1.807, 2.05) is 24.3 Å². The van der Waals surface area contributed by atoms with Crippen LogP contribution in [0.2, 0.25) is 0 Å². The lowest BCUT2D eigenvalue weighted by Gasteiger charge is -2.01. The zero-order chi connectivity index (χ0) is 14.8. The summed E-state index contributed by atoms with van der Waals surface area (Å²) in [6.45, 7) is 0. The average Bonchev–Trinajstić information content (AvgIpc) is 2.87. The summed E-state index contributed by atoms with van der Waals surface area (Å²) in [5.41, 5.74) is 1.94. The van der Waals surface area contributed by atoms with Gasteiger partial charge in [-0.1, -0.05) is 23.9 Å². The Bertz CT molecular complexity index is 783. The molecule has 0 radical (unpaired) electrons. The van der Waals surface area contributed by atoms with Crippen LogP contribution in [0.1, 0.15) is 15.9 Å². The number of carboxylic acid groups (broad SMARTS) is 1. The molecule has 0 aliphatic rings. The summed E-state index contributed by atoms with van der Waals surface area (Å²) < 4.78 is 18.9. The molecule has 0 saturated carbocycles. The summed E-state index contributed by atoms with van der Waals surface area (Å²) in [5, 5.41) is 9.38. The molecule has 0 aliphatic carbocycles. The van der Waals surface area contributed by atoms with Crippen molar-refractivity contribution in [1.29, 1.82) is 0 Å². The molecular formula is C15H10FNO3S. The molecule has 0 aliphatic heterocycles. The monoisotopic (exact) mass is 303 g/mol. The molecule has 1 heterocycles. The molecule has 0 bridgehead atoms. The van der Waals surface area contributed by atoms with Crippen molar-refractivity contribution in [3.63, 3.8) is 0 Å². The quantitative estimate of drug-likeness (QED) is 0.739. The highest BCUT2D eigenvalue weighted by Gasteiger charge is 2.10. The molecule has 1 aromatic heterocycles. The molecule has 21 heavy (non-hydrogen) atoms. The van der Waals surface area contributed by atoms with Gasteiger partial charge in [0, 0.05) is 5.75 Å². The second-order valence-corrected chi connectivity index (χ2v) is 5.32. The van der Waals surface area contributed by atoms with Crippen LogP contribution in [0.5, 0.6) is 0 Å². The zero-order valence-electron chi connectivity index (χ0n) is 10.7. The highest BCUT2D eigenvalue weighted by molar-refractivity contribution is 7.98. The van der Waals surface area contributed by atoms with Crippen molar-refractivity contribution in [3.8, 4) is 0 Å². The fourth-order valence-electron chi connectivity index (χ4n) is 1.92. The summed E-state index contributed by atoms with van der Waals surface area (Å²) >= 11 is 1.29. The Morgan fingerprint density at radius 3 is 2.86 bits per heavy atom. The summed E-state index contributed by atoms with van der Waals surface area (Å²) in [6, 6.07) is 11.1. The zero-order valence-corrected chi connectivity index (χ0v) is 11.6. The van der Waals surface area contributed by atoms with Gasteiger partial charge in [0.1, 0.15) is 11.3 Å². The molecule has 2 aromatic carbocycles. The number of thioether (sulfide) groups is 1. The van der Waals surface area contributed by atoms with E-state index in [2.05, 4.69) is 4.98 Å². The van der Waals surface area contributed by atoms with Crippen molar-refractivity contribution < 1.29 is 18.7 Å². The minimum Gasteiger partial charge on any atom is -0.478 e. The van der Waals surface area contributed by atoms with Gasteiger partial charge in [0.25, 0.3) is 5.22 Å². The molecule has 1 N–H and O–H groups in total. The van der Waals surface area contributed by atoms with Gasteiger partial charge < -0.3 is 9.52 Å². The van der Waals surface area contributed by atoms with Crippen molar-refractivity contribution in [1.82, 2.24) is 4.98 Å². The fraction of sp³-hybridized carbons (Fsp3) is 0.0667. The smallest absolute Gasteiger partial charge is 0.335 e. The predicted molar refractivity (Wildman–Crippen MR) is 76.9 cm³/mol. The highest BCUT2D eigenvalue weighted by atomic mass is 32.2. The maximum atomic E-state index is 13.4. The number of fused-ring (bicyclic) bond motifs is 1. The fourth-order valence-corrected chi connectivity index (χ4v) is 2.68. The van der Waals surface area contributed by atoms with E-state index in [9.17, 15) is 9.18 Å². The Kier molecular flexibility index (Phi) is 3.62. The van der Waals surface area contributed by atoms with Crippen LogP contribution in [-0.4, -0.2) is 16.1 Å². The third-order valence-electron chi connectivity index (χ3n) is 2.84. The summed E-state index contributed by atoms with van der Waals surface area (Å²) in [6.07, 6.45) is 0. The number of aromatic nitrogens is 1. The molecule has 0 saturated heterocycles. The molecule has 6 heteroatoms. The first-order valence-electron chi connectivity index (χ1n) is 6.13. The number of para-hydroxylation sites is 2. The van der Waals surface area contributed by atoms with E-state index in [1.54, 1.807) is 0 Å². The first kappa shape index (κ1) is 13.6. The molecule has 0 spiro atoms. The van der Waals surface area contributed by atoms with Gasteiger partial charge in [-0.25, -0.2) is 14.2 Å². The molecule has 3 aromatic rings. The molecule has 0 atom stereocenters. The lowest BCUT2D eigenvalue weighted by Crippen LogP contribution is -1.98. The molecule has 4 nitrogen and oxygen atoms in total. The van der Waals surface area contributed by atoms with Crippen LogP contribution in [0.3, 0.4) is 0 Å². The van der Waals surface area contributed by atoms with Gasteiger partial charge in [0.2, 0.25) is 0 Å². The van der Waals surface area contributed by atoms with Gasteiger partial charge in [-0.05, 0) is 35.9 Å². The maximum Gasteiger partial charge on any atom is 0.335 e. The van der Waals surface area contributed by atoms with E-state index < -0.39 is 11.8 Å². The normalized spacial score (nSPS) is 10.9. The lowest BCUT2D eigenvalue weighted by atomic mass is 10.1. The summed E-state index contributed by atoms with van der Waals surface area (Å²) in [7, 11) is 0. The van der Waals surface area contributed by atoms with Crippen LogP contribution in [-0.2, 0) is 5.75 Å². The van der Waals surface area contributed by atoms with Gasteiger partial charge in [0.15, 0.2) is 5.58 Å². The number of benzene rings is 2. The summed E-state index contributed by atoms with van der Waals surface area (Å²) in [4.78, 5) is 15.2. The van der Waals surface area contributed by atoms with E-state index in [0.29, 0.717) is 22.1 Å². The molecule has 0 amide bonds. The Labute approximate surface area is 123 Å². The van der Waals surface area contributed by atoms with Crippen molar-refractivity contribution in [2.75, 3.05) is 0 Å². The molecule has 0 fully saturated rings. The first-order chi connectivity index (χ1) is 10.1. The molecular weight excluding hydrogens is 293 g/mol. The number of nitrogens with zero attached hydrogens (tertiary/aromatic N) is 1. The Morgan fingerprint density at radius 1 is 1.29 bits per heavy atom. The minimum absolute atomic E-state index is 0.0665. The topological polar surface area (TPSA) is 63.3 Å². The number of rotatable bonds is 4. The SMILES string of the molecule is O=C(O)c1cc(F)cc(CSc2nc3ccccc3o2)c1. The van der Waals surface area contributed by atoms with Crippen LogP contribution in [0, 0.1) is 5.82 Å². The van der Waals surface area contributed by atoms with Gasteiger partial charge in [-0.2, -0.15) is 0 Å². The van der Waals surface area contributed by atoms with Gasteiger partial charge in [-0.3, -0.25) is 0 Å². The number of aromatic carboxylic acids is 1. The third-order valence-corrected chi connectivity index (χ3v) is 3.74. The Morgan fingerprint density at radius 2 is 2.10 bits per heavy atom. The maximum absolute atomic E-state index is 13.4. The summed E-state index contributed by atoms with van der Waals surface area (Å²) in [5.74, 6) is -1.34. The van der Waals surface area contributed by atoms with E-state index in [1.165, 1.54) is 23.9 Å². The van der Waals surface area contributed by atoms with E-state index in [-0.39, 0.29) is 5.56 Å². The first-order valence-corrected chi connectivity index (χ1v) is 7.11. The van der Waals surface area contributed by atoms with Crippen molar-refractivity contribution >= 4 is 28.8 Å². The molecule has 0 unspecified atom stereocenters. The third kappa shape index (κ3) is 3.05. The number of carbonyl (C=O) groups is 1. The average molecular weight is 303 g/mol. The van der Waals surface area contributed by atoms with Crippen LogP contribution in [0.25, 0.3) is 11.1 Å². The van der Waals surface area contributed by atoms with Crippen molar-refractivity contribution in [2.24, 2.45) is 0 Å². The van der Waals surface area contributed by atoms with Crippen molar-refractivity contribution in [3.05, 3.63) is 59.4 Å². The van der Waals surface area contributed by atoms with Gasteiger partial charge >= 0.3 is 5.97 Å². The Balaban J connectivity index is 1.79. The number of hydrogen-bond acceptors (Lipinski definition) is 4. The highest BCUT2D eigenvalue weighted by Crippen LogP contribution is 2.26. The molecule has 106 valence electrons. The van der Waals surface area contributed by atoms with Crippen LogP contribution < -0.4 is 0 Å². The van der Waals surface area contributed by atoms with Crippen molar-refractivity contribution in [2.45, 2.75) is 11.0 Å². The van der Waals surface area contributed by atoms with E-state index in [4.69, 9.17) is 9.52 Å². The molecule has 3 rings (SSSR count). The number of carboxylic acids is 1. The number of halogens is 1. The second-order valence-electron chi connectivity index (χ2n) is 4.39. The Hall–Kier alpha value is -2.34. The predicted octanol–water partition coefficient (Wildman–Crippen LogP) is 3.96. The number of oxazole rings is 1. The standard InChI is InChI=1S/C15H10FNO3S/c16-11-6-9(5-10(7-11)14(18)19)8-21-15-17-12-3-1-2-4-13(12)20-15/h1-7H,8H2,(H,18,19). The van der Waals surface area contributed by atoms with Gasteiger partial charge in [0.05, 0.1) is 5.56 Å². The lowest BCUT2D eigenvalue weighted by molar-refractivity contribution is 0.0696. The van der Waals surface area contributed by atoms with Crippen LogP contribution >= 0.6 is 11.8 Å². The largest absolute Gasteiger partial charge is 0.478 e. The van der Waals surface area contributed by atoms with Gasteiger partial charge in [-0.15, -0.1) is 0 Å². The van der Waals surface area contributed by atoms with Crippen LogP contribution in [0.4, 0.5) is 4.39 Å². The number of hydrogen-bond donors (Lipinski definition) is 1. The minimum atomic E-state index is -1.15.